The second kappa shape index (κ2) is 6.90. The maximum absolute atomic E-state index is 8.39. The lowest BCUT2D eigenvalue weighted by atomic mass is 9.94. The van der Waals surface area contributed by atoms with Crippen LogP contribution in [0.25, 0.3) is 0 Å². The number of benzene rings is 1. The van der Waals surface area contributed by atoms with Gasteiger partial charge in [-0.15, -0.1) is 0 Å². The van der Waals surface area contributed by atoms with E-state index in [1.54, 1.807) is 0 Å². The van der Waals surface area contributed by atoms with Crippen LogP contribution in [0.5, 0.6) is 5.75 Å². The highest BCUT2D eigenvalue weighted by molar-refractivity contribution is 5.29. The van der Waals surface area contributed by atoms with Gasteiger partial charge in [-0.3, -0.25) is 0 Å². The minimum Gasteiger partial charge on any atom is -0.493 e. The van der Waals surface area contributed by atoms with Crippen molar-refractivity contribution in [2.75, 3.05) is 6.61 Å². The van der Waals surface area contributed by atoms with Gasteiger partial charge in [0, 0.05) is 0 Å². The van der Waals surface area contributed by atoms with E-state index in [4.69, 9.17) is 10.00 Å². The Morgan fingerprint density at radius 3 is 2.31 bits per heavy atom. The molecule has 0 aliphatic rings. The maximum Gasteiger partial charge on any atom is 0.119 e. The summed E-state index contributed by atoms with van der Waals surface area (Å²) in [5.41, 5.74) is 1.37. The highest BCUT2D eigenvalue weighted by Crippen LogP contribution is 2.24. The minimum atomic E-state index is 0.439. The first kappa shape index (κ1) is 12.6. The number of nitrogens with zero attached hydrogens (tertiary/aromatic N) is 1. The zero-order valence-corrected chi connectivity index (χ0v) is 10.1. The number of hydrogen-bond acceptors (Lipinski definition) is 2. The molecule has 0 bridgehead atoms. The fourth-order valence-corrected chi connectivity index (χ4v) is 1.81. The van der Waals surface area contributed by atoms with Crippen LogP contribution in [0.4, 0.5) is 0 Å². The molecule has 2 heteroatoms. The Balaban J connectivity index is 2.57. The lowest BCUT2D eigenvalue weighted by Gasteiger charge is -2.13. The predicted octanol–water partition coefficient (Wildman–Crippen LogP) is 3.88. The third kappa shape index (κ3) is 3.58. The molecule has 0 aliphatic carbocycles. The van der Waals surface area contributed by atoms with Crippen molar-refractivity contribution >= 4 is 0 Å². The number of ether oxygens (including phenoxy) is 1. The van der Waals surface area contributed by atoms with Crippen molar-refractivity contribution in [1.29, 1.82) is 5.26 Å². The molecule has 0 atom stereocenters. The standard InChI is InChI=1S/C14H19NO/c1-3-12(4-2)13-6-8-14(9-7-13)16-11-5-10-15/h6-9,12H,3-5,11H2,1-2H3. The van der Waals surface area contributed by atoms with Crippen molar-refractivity contribution in [3.05, 3.63) is 29.8 Å². The van der Waals surface area contributed by atoms with Crippen LogP contribution >= 0.6 is 0 Å². The molecule has 1 rings (SSSR count). The van der Waals surface area contributed by atoms with Gasteiger partial charge in [0.25, 0.3) is 0 Å². The van der Waals surface area contributed by atoms with Gasteiger partial charge in [-0.1, -0.05) is 26.0 Å². The molecule has 0 radical (unpaired) electrons. The number of hydrogen-bond donors (Lipinski definition) is 0. The molecule has 0 unspecified atom stereocenters. The van der Waals surface area contributed by atoms with Crippen molar-refractivity contribution in [2.45, 2.75) is 39.0 Å². The molecular formula is C14H19NO. The van der Waals surface area contributed by atoms with E-state index in [0.29, 0.717) is 18.9 Å². The summed E-state index contributed by atoms with van der Waals surface area (Å²) in [6.07, 6.45) is 2.78. The molecule has 86 valence electrons. The van der Waals surface area contributed by atoms with Crippen LogP contribution < -0.4 is 4.74 Å². The summed E-state index contributed by atoms with van der Waals surface area (Å²) in [7, 11) is 0. The van der Waals surface area contributed by atoms with E-state index in [1.165, 1.54) is 18.4 Å². The Labute approximate surface area is 97.9 Å². The van der Waals surface area contributed by atoms with Crippen LogP contribution in [-0.2, 0) is 0 Å². The highest BCUT2D eigenvalue weighted by Gasteiger charge is 2.06. The van der Waals surface area contributed by atoms with Crippen LogP contribution in [-0.4, -0.2) is 6.61 Å². The quantitative estimate of drug-likeness (QED) is 0.677. The third-order valence-corrected chi connectivity index (χ3v) is 2.82. The Morgan fingerprint density at radius 2 is 1.81 bits per heavy atom. The van der Waals surface area contributed by atoms with Gasteiger partial charge in [0.15, 0.2) is 0 Å². The Bertz CT molecular complexity index is 333. The van der Waals surface area contributed by atoms with Crippen LogP contribution in [0.3, 0.4) is 0 Å². The van der Waals surface area contributed by atoms with Gasteiger partial charge in [-0.2, -0.15) is 5.26 Å². The highest BCUT2D eigenvalue weighted by atomic mass is 16.5. The van der Waals surface area contributed by atoms with Gasteiger partial charge in [0.2, 0.25) is 0 Å². The second-order valence-electron chi connectivity index (χ2n) is 3.84. The normalized spacial score (nSPS) is 10.1. The fraction of sp³-hybridized carbons (Fsp3) is 0.500. The van der Waals surface area contributed by atoms with Crippen molar-refractivity contribution in [1.82, 2.24) is 0 Å². The number of rotatable bonds is 6. The van der Waals surface area contributed by atoms with Crippen LogP contribution in [0.2, 0.25) is 0 Å². The Hall–Kier alpha value is -1.49. The molecule has 0 aliphatic heterocycles. The average Bonchev–Trinajstić information content (AvgIpc) is 2.33. The lowest BCUT2D eigenvalue weighted by molar-refractivity contribution is 0.326. The van der Waals surface area contributed by atoms with Crippen molar-refractivity contribution in [3.63, 3.8) is 0 Å². The molecule has 0 heterocycles. The van der Waals surface area contributed by atoms with Gasteiger partial charge >= 0.3 is 0 Å². The third-order valence-electron chi connectivity index (χ3n) is 2.82. The first-order chi connectivity index (χ1) is 7.81. The SMILES string of the molecule is CCC(CC)c1ccc(OCCC#N)cc1. The zero-order chi connectivity index (χ0) is 11.8. The van der Waals surface area contributed by atoms with E-state index < -0.39 is 0 Å². The lowest BCUT2D eigenvalue weighted by Crippen LogP contribution is -1.98. The van der Waals surface area contributed by atoms with E-state index in [2.05, 4.69) is 32.0 Å². The second-order valence-corrected chi connectivity index (χ2v) is 3.84. The van der Waals surface area contributed by atoms with Gasteiger partial charge in [-0.25, -0.2) is 0 Å². The zero-order valence-electron chi connectivity index (χ0n) is 10.1. The van der Waals surface area contributed by atoms with E-state index in [-0.39, 0.29) is 0 Å². The topological polar surface area (TPSA) is 33.0 Å². The first-order valence-corrected chi connectivity index (χ1v) is 5.91. The molecule has 0 saturated carbocycles. The van der Waals surface area contributed by atoms with E-state index in [9.17, 15) is 0 Å². The molecule has 0 aromatic heterocycles. The molecule has 0 N–H and O–H groups in total. The summed E-state index contributed by atoms with van der Waals surface area (Å²) in [4.78, 5) is 0. The molecule has 2 nitrogen and oxygen atoms in total. The largest absolute Gasteiger partial charge is 0.493 e. The van der Waals surface area contributed by atoms with Crippen LogP contribution in [0.15, 0.2) is 24.3 Å². The fourth-order valence-electron chi connectivity index (χ4n) is 1.81. The summed E-state index contributed by atoms with van der Waals surface area (Å²) in [5.74, 6) is 1.50. The summed E-state index contributed by atoms with van der Waals surface area (Å²) in [5, 5.41) is 8.39. The van der Waals surface area contributed by atoms with Gasteiger partial charge in [0.1, 0.15) is 12.4 Å². The summed E-state index contributed by atoms with van der Waals surface area (Å²) >= 11 is 0. The molecular weight excluding hydrogens is 198 g/mol. The molecule has 0 spiro atoms. The minimum absolute atomic E-state index is 0.439. The van der Waals surface area contributed by atoms with Gasteiger partial charge < -0.3 is 4.74 Å². The van der Waals surface area contributed by atoms with Crippen LogP contribution in [0.1, 0.15) is 44.6 Å². The summed E-state index contributed by atoms with van der Waals surface area (Å²) in [6.45, 7) is 4.90. The van der Waals surface area contributed by atoms with Crippen molar-refractivity contribution < 1.29 is 4.74 Å². The summed E-state index contributed by atoms with van der Waals surface area (Å²) < 4.78 is 5.43. The van der Waals surface area contributed by atoms with Gasteiger partial charge in [-0.05, 0) is 36.5 Å². The van der Waals surface area contributed by atoms with E-state index in [1.807, 2.05) is 12.1 Å². The molecule has 16 heavy (non-hydrogen) atoms. The Morgan fingerprint density at radius 1 is 1.19 bits per heavy atom. The molecule has 0 saturated heterocycles. The maximum atomic E-state index is 8.39. The van der Waals surface area contributed by atoms with Crippen LogP contribution in [0, 0.1) is 11.3 Å². The van der Waals surface area contributed by atoms with E-state index in [0.717, 1.165) is 5.75 Å². The van der Waals surface area contributed by atoms with E-state index >= 15 is 0 Å². The molecule has 0 amide bonds. The molecule has 1 aromatic rings. The molecule has 1 aromatic carbocycles. The molecule has 0 fully saturated rings. The van der Waals surface area contributed by atoms with Crippen molar-refractivity contribution in [2.24, 2.45) is 0 Å². The average molecular weight is 217 g/mol. The Kier molecular flexibility index (Phi) is 5.42. The first-order valence-electron chi connectivity index (χ1n) is 5.91. The smallest absolute Gasteiger partial charge is 0.119 e. The predicted molar refractivity (Wildman–Crippen MR) is 65.5 cm³/mol. The monoisotopic (exact) mass is 217 g/mol. The number of nitriles is 1. The van der Waals surface area contributed by atoms with Crippen molar-refractivity contribution in [3.8, 4) is 11.8 Å². The summed E-state index contributed by atoms with van der Waals surface area (Å²) in [6, 6.07) is 10.3. The van der Waals surface area contributed by atoms with Gasteiger partial charge in [0.05, 0.1) is 12.5 Å².